The van der Waals surface area contributed by atoms with Crippen molar-refractivity contribution in [3.05, 3.63) is 53.0 Å². The minimum atomic E-state index is -1.02. The average molecular weight is 353 g/mol. The molecule has 2 N–H and O–H groups in total. The van der Waals surface area contributed by atoms with Gasteiger partial charge in [-0.25, -0.2) is 14.8 Å². The normalized spacial score (nSPS) is 10.5. The summed E-state index contributed by atoms with van der Waals surface area (Å²) in [5.41, 5.74) is 2.89. The number of anilines is 1. The number of aryl methyl sites for hydroxylation is 1. The molecular weight excluding hydrogens is 338 g/mol. The number of nitrogens with zero attached hydrogens (tertiary/aromatic N) is 2. The highest BCUT2D eigenvalue weighted by atomic mass is 32.1. The van der Waals surface area contributed by atoms with Crippen molar-refractivity contribution in [2.75, 3.05) is 5.32 Å². The Morgan fingerprint density at radius 1 is 1.20 bits per heavy atom. The molecule has 7 heteroatoms. The number of carbonyl (C=O) groups excluding carboxylic acids is 1. The summed E-state index contributed by atoms with van der Waals surface area (Å²) in [7, 11) is 0. The second kappa shape index (κ2) is 6.82. The van der Waals surface area contributed by atoms with Gasteiger partial charge in [0.2, 0.25) is 5.91 Å². The lowest BCUT2D eigenvalue weighted by atomic mass is 10.1. The van der Waals surface area contributed by atoms with E-state index in [1.54, 1.807) is 18.3 Å². The van der Waals surface area contributed by atoms with Crippen molar-refractivity contribution < 1.29 is 14.7 Å². The highest BCUT2D eigenvalue weighted by Gasteiger charge is 2.20. The predicted molar refractivity (Wildman–Crippen MR) is 96.8 cm³/mol. The number of thiazole rings is 1. The molecule has 0 aliphatic carbocycles. The van der Waals surface area contributed by atoms with Crippen LogP contribution in [0.5, 0.6) is 0 Å². The second-order valence-corrected chi connectivity index (χ2v) is 6.43. The predicted octanol–water partition coefficient (Wildman–Crippen LogP) is 3.84. The van der Waals surface area contributed by atoms with Gasteiger partial charge in [0.15, 0.2) is 0 Å². The van der Waals surface area contributed by atoms with Crippen molar-refractivity contribution in [2.24, 2.45) is 0 Å². The molecule has 0 spiro atoms. The number of hydrogen-bond donors (Lipinski definition) is 2. The van der Waals surface area contributed by atoms with E-state index in [0.29, 0.717) is 22.1 Å². The molecule has 0 aliphatic heterocycles. The molecule has 6 nitrogen and oxygen atoms in total. The van der Waals surface area contributed by atoms with Crippen LogP contribution in [0.3, 0.4) is 0 Å². The highest BCUT2D eigenvalue weighted by Crippen LogP contribution is 2.35. The number of pyridine rings is 1. The summed E-state index contributed by atoms with van der Waals surface area (Å²) in [6.07, 6.45) is 1.55. The van der Waals surface area contributed by atoms with E-state index in [2.05, 4.69) is 15.3 Å². The van der Waals surface area contributed by atoms with Crippen molar-refractivity contribution in [3.63, 3.8) is 0 Å². The SMILES string of the molecule is CC(=O)Nc1cc(-c2nc(-c3ccccc3C)c(C(=O)O)s2)ccn1. The highest BCUT2D eigenvalue weighted by molar-refractivity contribution is 7.17. The number of carboxylic acids is 1. The lowest BCUT2D eigenvalue weighted by Crippen LogP contribution is -2.07. The van der Waals surface area contributed by atoms with Crippen molar-refractivity contribution in [1.82, 2.24) is 9.97 Å². The Bertz CT molecular complexity index is 966. The summed E-state index contributed by atoms with van der Waals surface area (Å²) in [4.78, 5) is 31.7. The topological polar surface area (TPSA) is 92.2 Å². The Morgan fingerprint density at radius 3 is 2.64 bits per heavy atom. The zero-order chi connectivity index (χ0) is 18.0. The smallest absolute Gasteiger partial charge is 0.348 e. The van der Waals surface area contributed by atoms with Crippen LogP contribution in [-0.4, -0.2) is 27.0 Å². The maximum atomic E-state index is 11.7. The van der Waals surface area contributed by atoms with Gasteiger partial charge in [-0.3, -0.25) is 4.79 Å². The molecule has 0 saturated heterocycles. The molecule has 126 valence electrons. The van der Waals surface area contributed by atoms with E-state index in [0.717, 1.165) is 22.5 Å². The number of carbonyl (C=O) groups is 2. The molecule has 2 aromatic heterocycles. The van der Waals surface area contributed by atoms with E-state index >= 15 is 0 Å². The first kappa shape index (κ1) is 16.8. The number of hydrogen-bond acceptors (Lipinski definition) is 5. The summed E-state index contributed by atoms with van der Waals surface area (Å²) >= 11 is 1.10. The van der Waals surface area contributed by atoms with Gasteiger partial charge in [-0.15, -0.1) is 11.3 Å². The van der Waals surface area contributed by atoms with E-state index in [-0.39, 0.29) is 10.8 Å². The number of nitrogens with one attached hydrogen (secondary N) is 1. The Morgan fingerprint density at radius 2 is 1.96 bits per heavy atom. The van der Waals surface area contributed by atoms with Gasteiger partial charge in [0.05, 0.1) is 5.69 Å². The molecule has 1 aromatic carbocycles. The molecule has 3 aromatic rings. The van der Waals surface area contributed by atoms with Crippen molar-refractivity contribution in [1.29, 1.82) is 0 Å². The number of aromatic nitrogens is 2. The van der Waals surface area contributed by atoms with Crippen LogP contribution in [0.2, 0.25) is 0 Å². The maximum Gasteiger partial charge on any atom is 0.348 e. The molecule has 0 unspecified atom stereocenters. The minimum absolute atomic E-state index is 0.183. The average Bonchev–Trinajstić information content (AvgIpc) is 3.00. The minimum Gasteiger partial charge on any atom is -0.477 e. The van der Waals surface area contributed by atoms with Crippen LogP contribution in [0.4, 0.5) is 5.82 Å². The molecule has 3 rings (SSSR count). The Balaban J connectivity index is 2.10. The van der Waals surface area contributed by atoms with Gasteiger partial charge in [-0.05, 0) is 24.6 Å². The first-order valence-corrected chi connectivity index (χ1v) is 8.31. The summed E-state index contributed by atoms with van der Waals surface area (Å²) in [5.74, 6) is -0.844. The molecule has 2 heterocycles. The van der Waals surface area contributed by atoms with Crippen molar-refractivity contribution in [2.45, 2.75) is 13.8 Å². The second-order valence-electron chi connectivity index (χ2n) is 5.43. The van der Waals surface area contributed by atoms with Crippen LogP contribution < -0.4 is 5.32 Å². The van der Waals surface area contributed by atoms with E-state index in [4.69, 9.17) is 0 Å². The summed E-state index contributed by atoms with van der Waals surface area (Å²) in [6, 6.07) is 10.9. The third-order valence-corrected chi connectivity index (χ3v) is 4.63. The maximum absolute atomic E-state index is 11.7. The van der Waals surface area contributed by atoms with E-state index in [1.165, 1.54) is 6.92 Å². The number of aromatic carboxylic acids is 1. The molecule has 0 bridgehead atoms. The largest absolute Gasteiger partial charge is 0.477 e. The number of benzene rings is 1. The van der Waals surface area contributed by atoms with Gasteiger partial charge in [0, 0.05) is 24.2 Å². The summed E-state index contributed by atoms with van der Waals surface area (Å²) in [6.45, 7) is 3.32. The summed E-state index contributed by atoms with van der Waals surface area (Å²) in [5, 5.41) is 12.7. The van der Waals surface area contributed by atoms with Gasteiger partial charge < -0.3 is 10.4 Å². The zero-order valence-electron chi connectivity index (χ0n) is 13.6. The lowest BCUT2D eigenvalue weighted by molar-refractivity contribution is -0.114. The molecule has 0 radical (unpaired) electrons. The van der Waals surface area contributed by atoms with Gasteiger partial charge in [0.1, 0.15) is 15.7 Å². The van der Waals surface area contributed by atoms with Crippen LogP contribution >= 0.6 is 11.3 Å². The fourth-order valence-electron chi connectivity index (χ4n) is 2.42. The lowest BCUT2D eigenvalue weighted by Gasteiger charge is -2.03. The van der Waals surface area contributed by atoms with Crippen LogP contribution in [0.15, 0.2) is 42.6 Å². The molecule has 0 aliphatic rings. The standard InChI is InChI=1S/C18H15N3O3S/c1-10-5-3-4-6-13(10)15-16(18(23)24)25-17(21-15)12-7-8-19-14(9-12)20-11(2)22/h3-9H,1-2H3,(H,23,24)(H,19,20,22). The quantitative estimate of drug-likeness (QED) is 0.743. The zero-order valence-corrected chi connectivity index (χ0v) is 14.4. The number of amides is 1. The van der Waals surface area contributed by atoms with E-state index in [1.807, 2.05) is 31.2 Å². The van der Waals surface area contributed by atoms with E-state index in [9.17, 15) is 14.7 Å². The first-order valence-electron chi connectivity index (χ1n) is 7.50. The molecule has 25 heavy (non-hydrogen) atoms. The molecular formula is C18H15N3O3S. The monoisotopic (exact) mass is 353 g/mol. The first-order chi connectivity index (χ1) is 12.0. The Labute approximate surface area is 148 Å². The Kier molecular flexibility index (Phi) is 4.58. The molecule has 0 atom stereocenters. The molecule has 0 fully saturated rings. The van der Waals surface area contributed by atoms with Crippen molar-refractivity contribution in [3.8, 4) is 21.8 Å². The van der Waals surface area contributed by atoms with Crippen LogP contribution in [-0.2, 0) is 4.79 Å². The van der Waals surface area contributed by atoms with Crippen molar-refractivity contribution >= 4 is 29.0 Å². The van der Waals surface area contributed by atoms with Gasteiger partial charge in [-0.1, -0.05) is 24.3 Å². The van der Waals surface area contributed by atoms with E-state index < -0.39 is 5.97 Å². The Hall–Kier alpha value is -3.06. The number of rotatable bonds is 4. The fraction of sp³-hybridized carbons (Fsp3) is 0.111. The third kappa shape index (κ3) is 3.56. The van der Waals surface area contributed by atoms with Crippen LogP contribution in [0.25, 0.3) is 21.8 Å². The fourth-order valence-corrected chi connectivity index (χ4v) is 3.34. The summed E-state index contributed by atoms with van der Waals surface area (Å²) < 4.78 is 0. The van der Waals surface area contributed by atoms with Gasteiger partial charge >= 0.3 is 5.97 Å². The number of carboxylic acid groups (broad SMARTS) is 1. The van der Waals surface area contributed by atoms with Gasteiger partial charge in [0.25, 0.3) is 0 Å². The third-order valence-electron chi connectivity index (χ3n) is 3.53. The molecule has 0 saturated carbocycles. The van der Waals surface area contributed by atoms with Gasteiger partial charge in [-0.2, -0.15) is 0 Å². The van der Waals surface area contributed by atoms with Crippen LogP contribution in [0, 0.1) is 6.92 Å². The molecule has 1 amide bonds. The van der Waals surface area contributed by atoms with Crippen LogP contribution in [0.1, 0.15) is 22.2 Å².